The van der Waals surface area contributed by atoms with Gasteiger partial charge in [0.15, 0.2) is 0 Å². The molecule has 0 radical (unpaired) electrons. The maximum Gasteiger partial charge on any atom is 0.259 e. The van der Waals surface area contributed by atoms with Crippen molar-refractivity contribution < 1.29 is 18.5 Å². The molecule has 166 valence electrons. The van der Waals surface area contributed by atoms with Gasteiger partial charge in [0.1, 0.15) is 5.82 Å². The highest BCUT2D eigenvalue weighted by Gasteiger charge is 2.32. The Kier molecular flexibility index (Phi) is 5.36. The Hall–Kier alpha value is -3.29. The average molecular weight is 436 g/mol. The van der Waals surface area contributed by atoms with E-state index in [4.69, 9.17) is 4.52 Å². The fraction of sp³-hybridized carbons (Fsp3) is 0.417. The number of benzene rings is 1. The second-order valence-corrected chi connectivity index (χ2v) is 8.61. The van der Waals surface area contributed by atoms with Crippen molar-refractivity contribution in [1.82, 2.24) is 19.9 Å². The monoisotopic (exact) mass is 436 g/mol. The van der Waals surface area contributed by atoms with Crippen LogP contribution in [-0.2, 0) is 4.79 Å². The molecule has 1 aromatic carbocycles. The van der Waals surface area contributed by atoms with Crippen molar-refractivity contribution in [2.24, 2.45) is 5.92 Å². The summed E-state index contributed by atoms with van der Waals surface area (Å²) >= 11 is 0. The summed E-state index contributed by atoms with van der Waals surface area (Å²) in [6.07, 6.45) is 3.50. The molecule has 2 fully saturated rings. The Labute approximate surface area is 185 Å². The molecule has 2 saturated heterocycles. The average Bonchev–Trinajstić information content (AvgIpc) is 3.49. The highest BCUT2D eigenvalue weighted by Crippen LogP contribution is 2.30. The minimum absolute atomic E-state index is 0.0123. The van der Waals surface area contributed by atoms with Crippen LogP contribution in [0, 0.1) is 18.7 Å². The van der Waals surface area contributed by atoms with Crippen LogP contribution < -0.4 is 0 Å². The minimum atomic E-state index is -0.340. The standard InChI is InChI=1S/C24H25FN4O3/c1-15-21-19(14-20(26-22(21)32-27-15)16-4-6-18(25)7-5-16)24(31)29-12-8-17(9-13-29)23(30)28-10-2-3-11-28/h4-7,14,17H,2-3,8-13H2,1H3. The summed E-state index contributed by atoms with van der Waals surface area (Å²) in [7, 11) is 0. The molecule has 0 N–H and O–H groups in total. The summed E-state index contributed by atoms with van der Waals surface area (Å²) in [5, 5.41) is 4.59. The summed E-state index contributed by atoms with van der Waals surface area (Å²) in [6, 6.07) is 7.68. The van der Waals surface area contributed by atoms with E-state index in [0.29, 0.717) is 53.8 Å². The number of hydrogen-bond acceptors (Lipinski definition) is 5. The first kappa shape index (κ1) is 20.6. The van der Waals surface area contributed by atoms with Crippen molar-refractivity contribution in [3.05, 3.63) is 47.4 Å². The Bertz CT molecular complexity index is 1160. The van der Waals surface area contributed by atoms with E-state index in [2.05, 4.69) is 10.1 Å². The van der Waals surface area contributed by atoms with Gasteiger partial charge in [0.05, 0.1) is 22.3 Å². The Morgan fingerprint density at radius 2 is 1.72 bits per heavy atom. The van der Waals surface area contributed by atoms with Crippen LogP contribution in [0.2, 0.25) is 0 Å². The number of carbonyl (C=O) groups excluding carboxylic acids is 2. The van der Waals surface area contributed by atoms with Gasteiger partial charge < -0.3 is 14.3 Å². The Balaban J connectivity index is 1.40. The maximum absolute atomic E-state index is 13.5. The summed E-state index contributed by atoms with van der Waals surface area (Å²) in [5.41, 5.74) is 2.56. The van der Waals surface area contributed by atoms with Gasteiger partial charge in [-0.1, -0.05) is 5.16 Å². The number of piperidine rings is 1. The normalized spacial score (nSPS) is 17.3. The van der Waals surface area contributed by atoms with Gasteiger partial charge in [-0.15, -0.1) is 0 Å². The number of aromatic nitrogens is 2. The molecule has 2 aromatic heterocycles. The quantitative estimate of drug-likeness (QED) is 0.624. The molecule has 0 aliphatic carbocycles. The number of amides is 2. The third-order valence-electron chi connectivity index (χ3n) is 6.54. The predicted molar refractivity (Wildman–Crippen MR) is 116 cm³/mol. The van der Waals surface area contributed by atoms with Crippen LogP contribution in [-0.4, -0.2) is 57.9 Å². The molecular weight excluding hydrogens is 411 g/mol. The number of likely N-dealkylation sites (tertiary alicyclic amines) is 2. The van der Waals surface area contributed by atoms with Crippen molar-refractivity contribution in [1.29, 1.82) is 0 Å². The Morgan fingerprint density at radius 1 is 1.03 bits per heavy atom. The lowest BCUT2D eigenvalue weighted by atomic mass is 9.94. The topological polar surface area (TPSA) is 79.5 Å². The first-order valence-electron chi connectivity index (χ1n) is 11.1. The van der Waals surface area contributed by atoms with Gasteiger partial charge >= 0.3 is 0 Å². The molecule has 0 unspecified atom stereocenters. The number of pyridine rings is 1. The summed E-state index contributed by atoms with van der Waals surface area (Å²) in [6.45, 7) is 4.55. The number of halogens is 1. The fourth-order valence-corrected chi connectivity index (χ4v) is 4.73. The largest absolute Gasteiger partial charge is 0.342 e. The number of fused-ring (bicyclic) bond motifs is 1. The van der Waals surface area contributed by atoms with Crippen LogP contribution in [0.1, 0.15) is 41.7 Å². The van der Waals surface area contributed by atoms with Crippen LogP contribution in [0.3, 0.4) is 0 Å². The summed E-state index contributed by atoms with van der Waals surface area (Å²) < 4.78 is 18.7. The van der Waals surface area contributed by atoms with Crippen molar-refractivity contribution in [3.8, 4) is 11.3 Å². The van der Waals surface area contributed by atoms with Crippen LogP contribution in [0.25, 0.3) is 22.4 Å². The second kappa shape index (κ2) is 8.33. The van der Waals surface area contributed by atoms with E-state index in [0.717, 1.165) is 25.9 Å². The molecule has 2 aliphatic rings. The highest BCUT2D eigenvalue weighted by molar-refractivity contribution is 6.07. The molecule has 0 saturated carbocycles. The SMILES string of the molecule is Cc1noc2nc(-c3ccc(F)cc3)cc(C(=O)N3CCC(C(=O)N4CCCC4)CC3)c12. The summed E-state index contributed by atoms with van der Waals surface area (Å²) in [5.74, 6) is -0.247. The molecule has 2 amide bonds. The van der Waals surface area contributed by atoms with Gasteiger partial charge in [-0.25, -0.2) is 9.37 Å². The third-order valence-corrected chi connectivity index (χ3v) is 6.54. The van der Waals surface area contributed by atoms with Crippen molar-refractivity contribution in [2.45, 2.75) is 32.6 Å². The number of hydrogen-bond donors (Lipinski definition) is 0. The van der Waals surface area contributed by atoms with E-state index in [9.17, 15) is 14.0 Å². The van der Waals surface area contributed by atoms with Crippen LogP contribution >= 0.6 is 0 Å². The zero-order valence-electron chi connectivity index (χ0n) is 18.0. The van der Waals surface area contributed by atoms with Gasteiger partial charge in [0.25, 0.3) is 11.6 Å². The van der Waals surface area contributed by atoms with Gasteiger partial charge in [-0.3, -0.25) is 9.59 Å². The molecule has 2 aliphatic heterocycles. The van der Waals surface area contributed by atoms with Gasteiger partial charge in [0.2, 0.25) is 5.91 Å². The zero-order chi connectivity index (χ0) is 22.2. The molecule has 32 heavy (non-hydrogen) atoms. The molecule has 5 rings (SSSR count). The van der Waals surface area contributed by atoms with Crippen molar-refractivity contribution in [2.75, 3.05) is 26.2 Å². The second-order valence-electron chi connectivity index (χ2n) is 8.61. The van der Waals surface area contributed by atoms with Gasteiger partial charge in [-0.05, 0) is 62.9 Å². The van der Waals surface area contributed by atoms with Crippen molar-refractivity contribution >= 4 is 22.9 Å². The van der Waals surface area contributed by atoms with Gasteiger partial charge in [0, 0.05) is 37.7 Å². The molecule has 0 atom stereocenters. The minimum Gasteiger partial charge on any atom is -0.342 e. The molecule has 0 spiro atoms. The molecule has 0 bridgehead atoms. The van der Waals surface area contributed by atoms with E-state index in [1.54, 1.807) is 30.0 Å². The lowest BCUT2D eigenvalue weighted by Gasteiger charge is -2.33. The van der Waals surface area contributed by atoms with Crippen LogP contribution in [0.4, 0.5) is 4.39 Å². The highest BCUT2D eigenvalue weighted by atomic mass is 19.1. The van der Waals surface area contributed by atoms with Crippen LogP contribution in [0.15, 0.2) is 34.9 Å². The lowest BCUT2D eigenvalue weighted by molar-refractivity contribution is -0.135. The molecule has 4 heterocycles. The smallest absolute Gasteiger partial charge is 0.259 e. The molecule has 7 nitrogen and oxygen atoms in total. The molecule has 3 aromatic rings. The van der Waals surface area contributed by atoms with Gasteiger partial charge in [-0.2, -0.15) is 0 Å². The number of rotatable bonds is 3. The number of aryl methyl sites for hydroxylation is 1. The Morgan fingerprint density at radius 3 is 2.41 bits per heavy atom. The number of carbonyl (C=O) groups is 2. The molecule has 8 heteroatoms. The van der Waals surface area contributed by atoms with E-state index in [-0.39, 0.29) is 29.3 Å². The maximum atomic E-state index is 13.5. The zero-order valence-corrected chi connectivity index (χ0v) is 18.0. The predicted octanol–water partition coefficient (Wildman–Crippen LogP) is 3.81. The summed E-state index contributed by atoms with van der Waals surface area (Å²) in [4.78, 5) is 34.5. The van der Waals surface area contributed by atoms with E-state index < -0.39 is 0 Å². The lowest BCUT2D eigenvalue weighted by Crippen LogP contribution is -2.43. The van der Waals surface area contributed by atoms with Crippen LogP contribution in [0.5, 0.6) is 0 Å². The first-order chi connectivity index (χ1) is 15.5. The van der Waals surface area contributed by atoms with E-state index in [1.807, 2.05) is 4.90 Å². The van der Waals surface area contributed by atoms with Crippen molar-refractivity contribution in [3.63, 3.8) is 0 Å². The first-order valence-corrected chi connectivity index (χ1v) is 11.1. The van der Waals surface area contributed by atoms with E-state index >= 15 is 0 Å². The third kappa shape index (κ3) is 3.74. The number of nitrogens with zero attached hydrogens (tertiary/aromatic N) is 4. The van der Waals surface area contributed by atoms with E-state index in [1.165, 1.54) is 12.1 Å². The molecular formula is C24H25FN4O3. The fourth-order valence-electron chi connectivity index (χ4n) is 4.73.